The van der Waals surface area contributed by atoms with Crippen LogP contribution in [0.1, 0.15) is 49.3 Å². The fraction of sp³-hybridized carbons (Fsp3) is 0.667. The van der Waals surface area contributed by atoms with Gasteiger partial charge < -0.3 is 10.0 Å². The SMILES string of the molecule is CC(C)=CC[C@@]1(CO)CCCN(C(=O)c2nonc2C)C1. The number of amides is 1. The first-order chi connectivity index (χ1) is 9.97. The molecule has 1 amide bonds. The van der Waals surface area contributed by atoms with Crippen molar-refractivity contribution in [2.24, 2.45) is 5.41 Å². The van der Waals surface area contributed by atoms with Gasteiger partial charge in [-0.1, -0.05) is 16.8 Å². The van der Waals surface area contributed by atoms with Gasteiger partial charge in [-0.3, -0.25) is 4.79 Å². The third kappa shape index (κ3) is 3.50. The molecule has 2 rings (SSSR count). The molecule has 0 bridgehead atoms. The first-order valence-electron chi connectivity index (χ1n) is 7.30. The van der Waals surface area contributed by atoms with E-state index in [1.165, 1.54) is 5.57 Å². The molecule has 0 unspecified atom stereocenters. The number of hydrogen-bond acceptors (Lipinski definition) is 5. The van der Waals surface area contributed by atoms with Gasteiger partial charge in [0.25, 0.3) is 5.91 Å². The largest absolute Gasteiger partial charge is 0.396 e. The highest BCUT2D eigenvalue weighted by atomic mass is 16.6. The van der Waals surface area contributed by atoms with Gasteiger partial charge in [0.05, 0.1) is 6.61 Å². The summed E-state index contributed by atoms with van der Waals surface area (Å²) in [7, 11) is 0. The number of aliphatic hydroxyl groups is 1. The highest BCUT2D eigenvalue weighted by Gasteiger charge is 2.37. The molecule has 0 radical (unpaired) electrons. The fourth-order valence-corrected chi connectivity index (χ4v) is 2.74. The van der Waals surface area contributed by atoms with Crippen molar-refractivity contribution >= 4 is 5.91 Å². The molecule has 1 aromatic heterocycles. The summed E-state index contributed by atoms with van der Waals surface area (Å²) in [5.41, 5.74) is 1.74. The first kappa shape index (κ1) is 15.7. The average molecular weight is 293 g/mol. The lowest BCUT2D eigenvalue weighted by Gasteiger charge is -2.41. The second-order valence-electron chi connectivity index (χ2n) is 6.17. The van der Waals surface area contributed by atoms with Gasteiger partial charge in [-0.15, -0.1) is 0 Å². The van der Waals surface area contributed by atoms with Crippen molar-refractivity contribution in [3.63, 3.8) is 0 Å². The van der Waals surface area contributed by atoms with Gasteiger partial charge in [-0.25, -0.2) is 4.63 Å². The van der Waals surface area contributed by atoms with Crippen LogP contribution >= 0.6 is 0 Å². The fourth-order valence-electron chi connectivity index (χ4n) is 2.74. The summed E-state index contributed by atoms with van der Waals surface area (Å²) in [6.07, 6.45) is 4.72. The van der Waals surface area contributed by atoms with Gasteiger partial charge in [-0.05, 0) is 45.2 Å². The number of aryl methyl sites for hydroxylation is 1. The van der Waals surface area contributed by atoms with E-state index in [-0.39, 0.29) is 23.6 Å². The molecule has 1 fully saturated rings. The van der Waals surface area contributed by atoms with Crippen LogP contribution in [-0.4, -0.2) is 45.9 Å². The Morgan fingerprint density at radius 1 is 1.48 bits per heavy atom. The maximum absolute atomic E-state index is 12.5. The molecule has 1 aliphatic rings. The van der Waals surface area contributed by atoms with Crippen LogP contribution in [0, 0.1) is 12.3 Å². The number of likely N-dealkylation sites (tertiary alicyclic amines) is 1. The highest BCUT2D eigenvalue weighted by Crippen LogP contribution is 2.34. The summed E-state index contributed by atoms with van der Waals surface area (Å²) in [6, 6.07) is 0. The Balaban J connectivity index is 2.14. The summed E-state index contributed by atoms with van der Waals surface area (Å²) in [5.74, 6) is -0.163. The van der Waals surface area contributed by atoms with Crippen molar-refractivity contribution < 1.29 is 14.5 Å². The molecule has 2 heterocycles. The number of piperidine rings is 1. The van der Waals surface area contributed by atoms with Crippen molar-refractivity contribution in [3.8, 4) is 0 Å². The number of allylic oxidation sites excluding steroid dienone is 2. The van der Waals surface area contributed by atoms with Gasteiger partial charge in [0.1, 0.15) is 5.69 Å². The molecule has 1 N–H and O–H groups in total. The predicted molar refractivity (Wildman–Crippen MR) is 77.7 cm³/mol. The van der Waals surface area contributed by atoms with E-state index >= 15 is 0 Å². The van der Waals surface area contributed by atoms with E-state index in [0.717, 1.165) is 19.3 Å². The first-order valence-corrected chi connectivity index (χ1v) is 7.30. The molecule has 116 valence electrons. The topological polar surface area (TPSA) is 79.5 Å². The Bertz CT molecular complexity index is 534. The van der Waals surface area contributed by atoms with Crippen molar-refractivity contribution in [1.29, 1.82) is 0 Å². The van der Waals surface area contributed by atoms with Gasteiger partial charge in [0, 0.05) is 18.5 Å². The molecule has 1 aliphatic heterocycles. The Morgan fingerprint density at radius 2 is 2.24 bits per heavy atom. The normalized spacial score (nSPS) is 22.2. The predicted octanol–water partition coefficient (Wildman–Crippen LogP) is 1.95. The number of nitrogens with zero attached hydrogens (tertiary/aromatic N) is 3. The lowest BCUT2D eigenvalue weighted by Crippen LogP contribution is -2.48. The van der Waals surface area contributed by atoms with Crippen LogP contribution in [0.4, 0.5) is 0 Å². The molecular formula is C15H23N3O3. The number of aliphatic hydroxyl groups excluding tert-OH is 1. The maximum Gasteiger partial charge on any atom is 0.278 e. The van der Waals surface area contributed by atoms with E-state index in [1.807, 2.05) is 13.8 Å². The van der Waals surface area contributed by atoms with Crippen molar-refractivity contribution in [1.82, 2.24) is 15.2 Å². The van der Waals surface area contributed by atoms with Crippen molar-refractivity contribution in [2.45, 2.75) is 40.0 Å². The van der Waals surface area contributed by atoms with Crippen LogP contribution in [-0.2, 0) is 0 Å². The van der Waals surface area contributed by atoms with Crippen LogP contribution in [0.3, 0.4) is 0 Å². The lowest BCUT2D eigenvalue weighted by atomic mass is 9.77. The monoisotopic (exact) mass is 293 g/mol. The quantitative estimate of drug-likeness (QED) is 0.858. The average Bonchev–Trinajstić information content (AvgIpc) is 2.91. The van der Waals surface area contributed by atoms with Gasteiger partial charge in [-0.2, -0.15) is 0 Å². The van der Waals surface area contributed by atoms with Crippen LogP contribution < -0.4 is 0 Å². The summed E-state index contributed by atoms with van der Waals surface area (Å²) >= 11 is 0. The molecule has 21 heavy (non-hydrogen) atoms. The van der Waals surface area contributed by atoms with E-state index in [0.29, 0.717) is 18.8 Å². The van der Waals surface area contributed by atoms with E-state index in [2.05, 4.69) is 21.0 Å². The number of carbonyl (C=O) groups is 1. The number of carbonyl (C=O) groups excluding carboxylic acids is 1. The lowest BCUT2D eigenvalue weighted by molar-refractivity contribution is 0.0277. The van der Waals surface area contributed by atoms with Crippen LogP contribution in [0.25, 0.3) is 0 Å². The molecule has 1 atom stereocenters. The molecule has 0 spiro atoms. The zero-order valence-electron chi connectivity index (χ0n) is 12.9. The smallest absolute Gasteiger partial charge is 0.278 e. The second kappa shape index (κ2) is 6.39. The van der Waals surface area contributed by atoms with E-state index in [4.69, 9.17) is 0 Å². The van der Waals surface area contributed by atoms with E-state index < -0.39 is 0 Å². The number of aromatic nitrogens is 2. The summed E-state index contributed by atoms with van der Waals surface area (Å²) in [6.45, 7) is 7.09. The maximum atomic E-state index is 12.5. The summed E-state index contributed by atoms with van der Waals surface area (Å²) < 4.78 is 4.61. The van der Waals surface area contributed by atoms with Gasteiger partial charge in [0.2, 0.25) is 0 Å². The molecule has 6 nitrogen and oxygen atoms in total. The standard InChI is InChI=1S/C15H23N3O3/c1-11(2)5-7-15(10-19)6-4-8-18(9-15)14(20)13-12(3)16-21-17-13/h5,19H,4,6-10H2,1-3H3/t15-/m0/s1. The molecular weight excluding hydrogens is 270 g/mol. The highest BCUT2D eigenvalue weighted by molar-refractivity contribution is 5.93. The Kier molecular flexibility index (Phi) is 4.77. The number of hydrogen-bond donors (Lipinski definition) is 1. The minimum absolute atomic E-state index is 0.0800. The third-order valence-electron chi connectivity index (χ3n) is 4.08. The molecule has 1 saturated heterocycles. The Labute approximate surface area is 124 Å². The van der Waals surface area contributed by atoms with Gasteiger partial charge in [0.15, 0.2) is 5.69 Å². The Morgan fingerprint density at radius 3 is 2.81 bits per heavy atom. The zero-order chi connectivity index (χ0) is 15.5. The van der Waals surface area contributed by atoms with Crippen molar-refractivity contribution in [2.75, 3.05) is 19.7 Å². The molecule has 0 aromatic carbocycles. The molecule has 0 saturated carbocycles. The van der Waals surface area contributed by atoms with Crippen LogP contribution in [0.2, 0.25) is 0 Å². The van der Waals surface area contributed by atoms with E-state index in [1.54, 1.807) is 11.8 Å². The third-order valence-corrected chi connectivity index (χ3v) is 4.08. The molecule has 0 aliphatic carbocycles. The summed E-state index contributed by atoms with van der Waals surface area (Å²) in [5, 5.41) is 17.2. The number of rotatable bonds is 4. The minimum Gasteiger partial charge on any atom is -0.396 e. The van der Waals surface area contributed by atoms with Crippen molar-refractivity contribution in [3.05, 3.63) is 23.0 Å². The van der Waals surface area contributed by atoms with Gasteiger partial charge >= 0.3 is 0 Å². The summed E-state index contributed by atoms with van der Waals surface area (Å²) in [4.78, 5) is 14.2. The molecule has 1 aromatic rings. The molecule has 6 heteroatoms. The second-order valence-corrected chi connectivity index (χ2v) is 6.17. The Hall–Kier alpha value is -1.69. The zero-order valence-corrected chi connectivity index (χ0v) is 12.9. The van der Waals surface area contributed by atoms with Crippen LogP contribution in [0.5, 0.6) is 0 Å². The minimum atomic E-state index is -0.254. The van der Waals surface area contributed by atoms with Crippen LogP contribution in [0.15, 0.2) is 16.3 Å². The van der Waals surface area contributed by atoms with E-state index in [9.17, 15) is 9.90 Å².